The Balaban J connectivity index is -0.0000000150. The summed E-state index contributed by atoms with van der Waals surface area (Å²) >= 11 is 0. The van der Waals surface area contributed by atoms with Gasteiger partial charge in [-0.25, -0.2) is 0 Å². The zero-order chi connectivity index (χ0) is 3.58. The van der Waals surface area contributed by atoms with Crippen LogP contribution >= 0.6 is 0 Å². The zero-order valence-electron chi connectivity index (χ0n) is 4.69. The van der Waals surface area contributed by atoms with E-state index in [0.717, 1.165) is 6.92 Å². The van der Waals surface area contributed by atoms with Crippen LogP contribution in [0.4, 0.5) is 0 Å². The maximum atomic E-state index is 8.89. The molecule has 0 fully saturated rings. The summed E-state index contributed by atoms with van der Waals surface area (Å²) in [6.45, 7) is 0.972. The number of carbonyl (C=O) groups excluding carboxylic acids is 1. The normalized spacial score (nSPS) is 3.57. The molecule has 0 saturated heterocycles. The minimum atomic E-state index is -1.08. The van der Waals surface area contributed by atoms with Crippen molar-refractivity contribution in [1.82, 2.24) is 6.15 Å². The van der Waals surface area contributed by atoms with Gasteiger partial charge in [-0.15, -0.1) is 0 Å². The van der Waals surface area contributed by atoms with Gasteiger partial charge in [0.25, 0.3) is 0 Å². The molecule has 0 heterocycles. The van der Waals surface area contributed by atoms with Gasteiger partial charge in [0.05, 0.1) is 0 Å². The van der Waals surface area contributed by atoms with E-state index in [1.165, 1.54) is 0 Å². The van der Waals surface area contributed by atoms with Gasteiger partial charge in [-0.05, 0) is 6.92 Å². The zero-order valence-corrected chi connectivity index (χ0v) is 8.57. The number of carbonyl (C=O) groups is 1. The third-order valence-corrected chi connectivity index (χ3v) is 0. The van der Waals surface area contributed by atoms with Crippen LogP contribution in [0.15, 0.2) is 0 Å². The molecule has 0 aromatic heterocycles. The molecule has 0 rings (SSSR count). The van der Waals surface area contributed by atoms with Crippen LogP contribution in [0.25, 0.3) is 0 Å². The third-order valence-electron chi connectivity index (χ3n) is 0. The minimum Gasteiger partial charge on any atom is -1.00 e. The van der Waals surface area contributed by atoms with Gasteiger partial charge in [-0.3, -0.25) is 0 Å². The Bertz CT molecular complexity index is 38.7. The fraction of sp³-hybridized carbons (Fsp3) is 0.500. The standard InChI is InChI=1S/C2H4O2.ClH.K.H3N/c1-2(3)4;;;/h1H3,(H,3,4);1H;;1H3/q;;+1;/p-1. The average molecular weight is 152 g/mol. The summed E-state index contributed by atoms with van der Waals surface area (Å²) in [5, 5.41) is 8.89. The first-order valence-corrected chi connectivity index (χ1v) is 0.908. The first kappa shape index (κ1) is 23.8. The number of halogens is 1. The molecule has 4 N–H and O–H groups in total. The van der Waals surface area contributed by atoms with Crippen molar-refractivity contribution < 1.29 is 73.7 Å². The van der Waals surface area contributed by atoms with E-state index in [1.807, 2.05) is 0 Å². The number of carboxylic acid groups (broad SMARTS) is 1. The molecule has 0 atom stereocenters. The monoisotopic (exact) mass is 151 g/mol. The van der Waals surface area contributed by atoms with Gasteiger partial charge in [0, 0.05) is 5.97 Å². The van der Waals surface area contributed by atoms with Gasteiger partial charge in [-0.1, -0.05) is 0 Å². The van der Waals surface area contributed by atoms with Gasteiger partial charge in [0.2, 0.25) is 0 Å². The van der Waals surface area contributed by atoms with Crippen LogP contribution in [0.5, 0.6) is 0 Å². The molecule has 0 radical (unpaired) electrons. The molecule has 0 aromatic carbocycles. The van der Waals surface area contributed by atoms with Crippen molar-refractivity contribution in [3.05, 3.63) is 0 Å². The number of quaternary nitrogens is 1. The number of hydrogen-bond acceptors (Lipinski definition) is 2. The molecule has 0 unspecified atom stereocenters. The van der Waals surface area contributed by atoms with Crippen molar-refractivity contribution in [3.8, 4) is 0 Å². The molecular formula is C2H7ClKNO2. The molecule has 0 saturated carbocycles. The van der Waals surface area contributed by atoms with E-state index in [9.17, 15) is 0 Å². The Morgan fingerprint density at radius 2 is 1.57 bits per heavy atom. The van der Waals surface area contributed by atoms with Crippen LogP contribution in [-0.2, 0) is 4.79 Å². The van der Waals surface area contributed by atoms with Crippen LogP contribution in [0.2, 0.25) is 0 Å². The summed E-state index contributed by atoms with van der Waals surface area (Å²) in [7, 11) is 0. The van der Waals surface area contributed by atoms with Crippen molar-refractivity contribution in [1.29, 1.82) is 0 Å². The fourth-order valence-electron chi connectivity index (χ4n) is 0. The van der Waals surface area contributed by atoms with Crippen LogP contribution in [0.1, 0.15) is 6.92 Å². The summed E-state index contributed by atoms with van der Waals surface area (Å²) in [5.74, 6) is -1.08. The Labute approximate surface area is 91.3 Å². The smallest absolute Gasteiger partial charge is 1.00 e. The van der Waals surface area contributed by atoms with Gasteiger partial charge in [0.15, 0.2) is 0 Å². The molecule has 0 aromatic rings. The molecule has 0 aliphatic rings. The van der Waals surface area contributed by atoms with Crippen LogP contribution < -0.4 is 75.0 Å². The average Bonchev–Trinajstić information content (AvgIpc) is 0.811. The van der Waals surface area contributed by atoms with Gasteiger partial charge >= 0.3 is 51.4 Å². The SMILES string of the molecule is CC(=O)[O-].[Cl-].[K+].[NH4+]. The second-order valence-corrected chi connectivity index (χ2v) is 0.492. The molecule has 0 aliphatic heterocycles. The van der Waals surface area contributed by atoms with Crippen LogP contribution in [-0.4, -0.2) is 5.97 Å². The van der Waals surface area contributed by atoms with Crippen molar-refractivity contribution in [2.24, 2.45) is 0 Å². The van der Waals surface area contributed by atoms with E-state index in [4.69, 9.17) is 9.90 Å². The molecule has 0 spiro atoms. The topological polar surface area (TPSA) is 76.6 Å². The van der Waals surface area contributed by atoms with Gasteiger partial charge < -0.3 is 28.5 Å². The van der Waals surface area contributed by atoms with E-state index in [2.05, 4.69) is 0 Å². The summed E-state index contributed by atoms with van der Waals surface area (Å²) in [6.07, 6.45) is 0. The maximum absolute atomic E-state index is 8.89. The maximum Gasteiger partial charge on any atom is 1.00 e. The second-order valence-electron chi connectivity index (χ2n) is 0.492. The molecule has 0 aliphatic carbocycles. The predicted octanol–water partition coefficient (Wildman–Crippen LogP) is -6.86. The Kier molecular flexibility index (Phi) is 53.3. The fourth-order valence-corrected chi connectivity index (χ4v) is 0. The van der Waals surface area contributed by atoms with E-state index >= 15 is 0 Å². The molecular weight excluding hydrogens is 145 g/mol. The quantitative estimate of drug-likeness (QED) is 0.350. The Morgan fingerprint density at radius 3 is 1.57 bits per heavy atom. The molecule has 0 amide bonds. The Hall–Kier alpha value is 1.36. The van der Waals surface area contributed by atoms with Gasteiger partial charge in [-0.2, -0.15) is 0 Å². The molecule has 0 bridgehead atoms. The number of rotatable bonds is 0. The van der Waals surface area contributed by atoms with E-state index in [1.54, 1.807) is 0 Å². The summed E-state index contributed by atoms with van der Waals surface area (Å²) in [6, 6.07) is 0. The number of carboxylic acids is 1. The first-order chi connectivity index (χ1) is 1.73. The summed E-state index contributed by atoms with van der Waals surface area (Å²) in [4.78, 5) is 8.89. The largest absolute Gasteiger partial charge is 1.00 e. The molecule has 5 heteroatoms. The summed E-state index contributed by atoms with van der Waals surface area (Å²) < 4.78 is 0. The molecule has 40 valence electrons. The van der Waals surface area contributed by atoms with E-state index < -0.39 is 5.97 Å². The summed E-state index contributed by atoms with van der Waals surface area (Å²) in [5.41, 5.74) is 0. The molecule has 3 nitrogen and oxygen atoms in total. The van der Waals surface area contributed by atoms with Crippen molar-refractivity contribution >= 4 is 5.97 Å². The Morgan fingerprint density at radius 1 is 1.57 bits per heavy atom. The van der Waals surface area contributed by atoms with Crippen molar-refractivity contribution in [3.63, 3.8) is 0 Å². The molecule has 7 heavy (non-hydrogen) atoms. The van der Waals surface area contributed by atoms with Gasteiger partial charge in [0.1, 0.15) is 0 Å². The second kappa shape index (κ2) is 15.7. The predicted molar refractivity (Wildman–Crippen MR) is 16.7 cm³/mol. The van der Waals surface area contributed by atoms with Crippen molar-refractivity contribution in [2.45, 2.75) is 6.92 Å². The van der Waals surface area contributed by atoms with E-state index in [-0.39, 0.29) is 69.9 Å². The van der Waals surface area contributed by atoms with Crippen LogP contribution in [0.3, 0.4) is 0 Å². The van der Waals surface area contributed by atoms with Crippen LogP contribution in [0, 0.1) is 0 Å². The minimum absolute atomic E-state index is 0. The van der Waals surface area contributed by atoms with E-state index in [0.29, 0.717) is 0 Å². The van der Waals surface area contributed by atoms with Crippen molar-refractivity contribution in [2.75, 3.05) is 0 Å². The third kappa shape index (κ3) is 115. The first-order valence-electron chi connectivity index (χ1n) is 0.908. The number of hydrogen-bond donors (Lipinski definition) is 1. The number of aliphatic carboxylic acids is 1.